The van der Waals surface area contributed by atoms with Crippen molar-refractivity contribution in [2.24, 2.45) is 5.92 Å². The van der Waals surface area contributed by atoms with Gasteiger partial charge in [0.05, 0.1) is 19.3 Å². The first-order valence-corrected chi connectivity index (χ1v) is 13.0. The number of carbonyl (C=O) groups excluding carboxylic acids is 1. The second kappa shape index (κ2) is 11.3. The molecule has 8 nitrogen and oxygen atoms in total. The molecule has 1 fully saturated rings. The number of methoxy groups -OCH3 is 1. The molecule has 1 heterocycles. The largest absolute Gasteiger partial charge is 0.496 e. The standard InChI is InChI=1S/C25H35N3O5S/c1-19(2)22(17-29)27-34(31,32)28-15-13-25(14-16-28,20-9-5-4-6-10-20)18-26-24(30)21-11-7-8-12-23(21)33-3/h4-12,19,22,27,29H,13-18H2,1-3H3,(H,26,30)/t22-/m1/s1. The molecule has 1 amide bonds. The zero-order valence-corrected chi connectivity index (χ0v) is 20.8. The van der Waals surface area contributed by atoms with E-state index in [1.807, 2.05) is 50.2 Å². The number of para-hydroxylation sites is 1. The monoisotopic (exact) mass is 489 g/mol. The van der Waals surface area contributed by atoms with Gasteiger partial charge in [0.1, 0.15) is 5.75 Å². The van der Waals surface area contributed by atoms with E-state index in [1.54, 1.807) is 18.2 Å². The number of hydrogen-bond donors (Lipinski definition) is 3. The highest BCUT2D eigenvalue weighted by Gasteiger charge is 2.40. The Kier molecular flexibility index (Phi) is 8.70. The molecule has 1 aliphatic heterocycles. The summed E-state index contributed by atoms with van der Waals surface area (Å²) < 4.78 is 35.3. The molecule has 1 saturated heterocycles. The van der Waals surface area contributed by atoms with E-state index in [4.69, 9.17) is 4.74 Å². The van der Waals surface area contributed by atoms with Crippen LogP contribution in [0.1, 0.15) is 42.6 Å². The Morgan fingerprint density at radius 3 is 2.29 bits per heavy atom. The number of amides is 1. The minimum Gasteiger partial charge on any atom is -0.496 e. The Labute approximate surface area is 202 Å². The summed E-state index contributed by atoms with van der Waals surface area (Å²) in [4.78, 5) is 13.0. The highest BCUT2D eigenvalue weighted by molar-refractivity contribution is 7.87. The molecule has 0 radical (unpaired) electrons. The Balaban J connectivity index is 1.76. The summed E-state index contributed by atoms with van der Waals surface area (Å²) in [5.41, 5.74) is 1.12. The maximum Gasteiger partial charge on any atom is 0.279 e. The lowest BCUT2D eigenvalue weighted by Gasteiger charge is -2.42. The van der Waals surface area contributed by atoms with Gasteiger partial charge in [0.2, 0.25) is 0 Å². The fourth-order valence-electron chi connectivity index (χ4n) is 4.34. The van der Waals surface area contributed by atoms with Crippen molar-refractivity contribution in [3.63, 3.8) is 0 Å². The molecule has 3 rings (SSSR count). The quantitative estimate of drug-likeness (QED) is 0.475. The van der Waals surface area contributed by atoms with Crippen molar-refractivity contribution in [1.82, 2.24) is 14.3 Å². The number of aliphatic hydroxyl groups excluding tert-OH is 1. The Morgan fingerprint density at radius 2 is 1.71 bits per heavy atom. The van der Waals surface area contributed by atoms with E-state index in [2.05, 4.69) is 10.0 Å². The number of aliphatic hydroxyl groups is 1. The predicted octanol–water partition coefficient (Wildman–Crippen LogP) is 2.31. The highest BCUT2D eigenvalue weighted by Crippen LogP contribution is 2.36. The molecule has 2 aromatic carbocycles. The summed E-state index contributed by atoms with van der Waals surface area (Å²) in [6.07, 6.45) is 1.10. The number of rotatable bonds is 10. The number of nitrogens with zero attached hydrogens (tertiary/aromatic N) is 1. The number of benzene rings is 2. The Morgan fingerprint density at radius 1 is 1.09 bits per heavy atom. The topological polar surface area (TPSA) is 108 Å². The van der Waals surface area contributed by atoms with Crippen molar-refractivity contribution >= 4 is 16.1 Å². The molecule has 0 bridgehead atoms. The molecule has 0 saturated carbocycles. The molecule has 186 valence electrons. The summed E-state index contributed by atoms with van der Waals surface area (Å²) in [5.74, 6) is 0.245. The zero-order valence-electron chi connectivity index (χ0n) is 20.0. The first kappa shape index (κ1) is 26.2. The lowest BCUT2D eigenvalue weighted by Crippen LogP contribution is -2.54. The lowest BCUT2D eigenvalue weighted by molar-refractivity contribution is 0.0929. The van der Waals surface area contributed by atoms with Crippen LogP contribution in [0.3, 0.4) is 0 Å². The third kappa shape index (κ3) is 5.96. The second-order valence-electron chi connectivity index (χ2n) is 9.08. The molecule has 0 spiro atoms. The molecular weight excluding hydrogens is 454 g/mol. The van der Waals surface area contributed by atoms with Crippen LogP contribution in [-0.4, -0.2) is 63.1 Å². The van der Waals surface area contributed by atoms with Crippen molar-refractivity contribution in [2.75, 3.05) is 33.4 Å². The minimum atomic E-state index is -3.74. The molecule has 0 aromatic heterocycles. The molecule has 1 atom stereocenters. The maximum absolute atomic E-state index is 13.0. The average molecular weight is 490 g/mol. The van der Waals surface area contributed by atoms with Crippen molar-refractivity contribution in [3.05, 3.63) is 65.7 Å². The van der Waals surface area contributed by atoms with Gasteiger partial charge in [-0.2, -0.15) is 17.4 Å². The van der Waals surface area contributed by atoms with Crippen LogP contribution < -0.4 is 14.8 Å². The first-order valence-electron chi connectivity index (χ1n) is 11.6. The number of piperidine rings is 1. The minimum absolute atomic E-state index is 0.0295. The van der Waals surface area contributed by atoms with Gasteiger partial charge in [-0.15, -0.1) is 0 Å². The Hall–Kier alpha value is -2.46. The van der Waals surface area contributed by atoms with E-state index in [9.17, 15) is 18.3 Å². The molecule has 1 aliphatic rings. The molecule has 3 N–H and O–H groups in total. The van der Waals surface area contributed by atoms with Gasteiger partial charge in [-0.1, -0.05) is 56.3 Å². The first-order chi connectivity index (χ1) is 16.2. The van der Waals surface area contributed by atoms with Gasteiger partial charge in [-0.05, 0) is 36.5 Å². The number of carbonyl (C=O) groups is 1. The van der Waals surface area contributed by atoms with Crippen LogP contribution in [0, 0.1) is 5.92 Å². The van der Waals surface area contributed by atoms with E-state index in [0.717, 1.165) is 5.56 Å². The summed E-state index contributed by atoms with van der Waals surface area (Å²) in [6, 6.07) is 16.4. The third-order valence-electron chi connectivity index (χ3n) is 6.65. The summed E-state index contributed by atoms with van der Waals surface area (Å²) in [5, 5.41) is 12.6. The summed E-state index contributed by atoms with van der Waals surface area (Å²) in [7, 11) is -2.21. The maximum atomic E-state index is 13.0. The SMILES string of the molecule is COc1ccccc1C(=O)NCC1(c2ccccc2)CCN(S(=O)(=O)N[C@H](CO)C(C)C)CC1. The second-order valence-corrected chi connectivity index (χ2v) is 10.8. The van der Waals surface area contributed by atoms with E-state index >= 15 is 0 Å². The van der Waals surface area contributed by atoms with Crippen LogP contribution in [0.5, 0.6) is 5.75 Å². The van der Waals surface area contributed by atoms with Crippen LogP contribution >= 0.6 is 0 Å². The van der Waals surface area contributed by atoms with E-state index < -0.39 is 21.7 Å². The van der Waals surface area contributed by atoms with Gasteiger partial charge in [-0.3, -0.25) is 4.79 Å². The number of ether oxygens (including phenoxy) is 1. The van der Waals surface area contributed by atoms with Gasteiger partial charge < -0.3 is 15.2 Å². The van der Waals surface area contributed by atoms with Gasteiger partial charge >= 0.3 is 0 Å². The van der Waals surface area contributed by atoms with Crippen LogP contribution in [0.25, 0.3) is 0 Å². The fourth-order valence-corrected chi connectivity index (χ4v) is 5.88. The summed E-state index contributed by atoms with van der Waals surface area (Å²) in [6.45, 7) is 4.47. The third-order valence-corrected chi connectivity index (χ3v) is 8.29. The van der Waals surface area contributed by atoms with Crippen LogP contribution in [0.4, 0.5) is 0 Å². The summed E-state index contributed by atoms with van der Waals surface area (Å²) >= 11 is 0. The average Bonchev–Trinajstić information content (AvgIpc) is 2.86. The molecular formula is C25H35N3O5S. The van der Waals surface area contributed by atoms with Crippen molar-refractivity contribution in [2.45, 2.75) is 38.1 Å². The smallest absolute Gasteiger partial charge is 0.279 e. The normalized spacial score (nSPS) is 17.3. The molecule has 2 aromatic rings. The molecule has 34 heavy (non-hydrogen) atoms. The fraction of sp³-hybridized carbons (Fsp3) is 0.480. The molecule has 9 heteroatoms. The Bertz CT molecular complexity index is 1050. The highest BCUT2D eigenvalue weighted by atomic mass is 32.2. The lowest BCUT2D eigenvalue weighted by atomic mass is 9.73. The van der Waals surface area contributed by atoms with E-state index in [1.165, 1.54) is 11.4 Å². The van der Waals surface area contributed by atoms with Crippen LogP contribution in [-0.2, 0) is 15.6 Å². The van der Waals surface area contributed by atoms with Gasteiger partial charge in [-0.25, -0.2) is 0 Å². The number of hydrogen-bond acceptors (Lipinski definition) is 5. The molecule has 0 aliphatic carbocycles. The van der Waals surface area contributed by atoms with Crippen molar-refractivity contribution in [1.29, 1.82) is 0 Å². The molecule has 0 unspecified atom stereocenters. The zero-order chi connectivity index (χ0) is 24.8. The van der Waals surface area contributed by atoms with Crippen molar-refractivity contribution in [3.8, 4) is 5.75 Å². The van der Waals surface area contributed by atoms with Crippen LogP contribution in [0.2, 0.25) is 0 Å². The van der Waals surface area contributed by atoms with Crippen molar-refractivity contribution < 1.29 is 23.1 Å². The van der Waals surface area contributed by atoms with E-state index in [-0.39, 0.29) is 18.4 Å². The van der Waals surface area contributed by atoms with Gasteiger partial charge in [0.25, 0.3) is 16.1 Å². The van der Waals surface area contributed by atoms with E-state index in [0.29, 0.717) is 43.8 Å². The van der Waals surface area contributed by atoms with Gasteiger partial charge in [0.15, 0.2) is 0 Å². The van der Waals surface area contributed by atoms with Gasteiger partial charge in [0, 0.05) is 31.1 Å². The van der Waals surface area contributed by atoms with Crippen LogP contribution in [0.15, 0.2) is 54.6 Å². The number of nitrogens with one attached hydrogen (secondary N) is 2. The predicted molar refractivity (Wildman–Crippen MR) is 132 cm³/mol.